The van der Waals surface area contributed by atoms with Crippen molar-refractivity contribution >= 4 is 12.0 Å². The van der Waals surface area contributed by atoms with E-state index < -0.39 is 29.3 Å². The maximum absolute atomic E-state index is 12.4. The van der Waals surface area contributed by atoms with Gasteiger partial charge in [0, 0.05) is 13.0 Å². The third-order valence-electron chi connectivity index (χ3n) is 5.95. The fourth-order valence-corrected chi connectivity index (χ4v) is 3.97. The van der Waals surface area contributed by atoms with E-state index >= 15 is 0 Å². The van der Waals surface area contributed by atoms with Gasteiger partial charge in [-0.15, -0.1) is 0 Å². The number of aromatic nitrogens is 1. The van der Waals surface area contributed by atoms with Crippen LogP contribution < -0.4 is 15.2 Å². The highest BCUT2D eigenvalue weighted by Crippen LogP contribution is 2.35. The van der Waals surface area contributed by atoms with Crippen molar-refractivity contribution in [2.45, 2.75) is 44.5 Å². The first kappa shape index (κ1) is 26.9. The van der Waals surface area contributed by atoms with Gasteiger partial charge in [-0.2, -0.15) is 0 Å². The number of primary amides is 1. The lowest BCUT2D eigenvalue weighted by atomic mass is 9.85. The maximum atomic E-state index is 12.4. The van der Waals surface area contributed by atoms with Gasteiger partial charge in [0.05, 0.1) is 12.2 Å². The number of piperidine rings is 1. The molecule has 2 amide bonds. The van der Waals surface area contributed by atoms with Gasteiger partial charge in [0.25, 0.3) is 5.91 Å². The minimum atomic E-state index is -1.79. The molecular weight excluding hydrogens is 490 g/mol. The number of amides is 2. The van der Waals surface area contributed by atoms with Crippen molar-refractivity contribution in [2.75, 3.05) is 13.1 Å². The van der Waals surface area contributed by atoms with Crippen molar-refractivity contribution in [2.24, 2.45) is 5.73 Å². The van der Waals surface area contributed by atoms with Crippen molar-refractivity contribution in [3.63, 3.8) is 0 Å². The molecule has 0 spiro atoms. The lowest BCUT2D eigenvalue weighted by Crippen LogP contribution is -2.56. The van der Waals surface area contributed by atoms with E-state index in [4.69, 9.17) is 19.9 Å². The van der Waals surface area contributed by atoms with Gasteiger partial charge in [-0.05, 0) is 69.3 Å². The average molecular weight is 522 g/mol. The molecule has 2 heterocycles. The molecule has 200 valence electrons. The Labute approximate surface area is 220 Å². The Morgan fingerprint density at radius 1 is 0.974 bits per heavy atom. The molecule has 0 bridgehead atoms. The summed E-state index contributed by atoms with van der Waals surface area (Å²) in [6, 6.07) is 18.7. The highest BCUT2D eigenvalue weighted by atomic mass is 16.6. The van der Waals surface area contributed by atoms with Crippen molar-refractivity contribution < 1.29 is 34.0 Å². The third-order valence-corrected chi connectivity index (χ3v) is 5.95. The van der Waals surface area contributed by atoms with E-state index in [0.717, 1.165) is 0 Å². The van der Waals surface area contributed by atoms with Crippen LogP contribution in [0.15, 0.2) is 66.7 Å². The molecule has 1 aliphatic heterocycles. The molecule has 2 atom stereocenters. The number of likely N-dealkylation sites (tertiary alicyclic amines) is 1. The predicted molar refractivity (Wildman–Crippen MR) is 138 cm³/mol. The summed E-state index contributed by atoms with van der Waals surface area (Å²) in [6.45, 7) is 5.20. The van der Waals surface area contributed by atoms with Crippen LogP contribution in [-0.2, 0) is 10.3 Å². The summed E-state index contributed by atoms with van der Waals surface area (Å²) in [4.78, 5) is 30.2. The van der Waals surface area contributed by atoms with Gasteiger partial charge >= 0.3 is 6.09 Å². The number of benzene rings is 2. The average Bonchev–Trinajstić information content (AvgIpc) is 2.86. The fraction of sp³-hybridized carbons (Fsp3) is 0.321. The first-order valence-electron chi connectivity index (χ1n) is 12.1. The molecule has 10 nitrogen and oxygen atoms in total. The number of carbonyl (C=O) groups excluding carboxylic acids is 2. The van der Waals surface area contributed by atoms with Crippen molar-refractivity contribution in [3.05, 3.63) is 78.0 Å². The van der Waals surface area contributed by atoms with E-state index in [9.17, 15) is 19.8 Å². The first-order valence-corrected chi connectivity index (χ1v) is 12.1. The number of nitrogens with two attached hydrogens (primary N) is 1. The van der Waals surface area contributed by atoms with Gasteiger partial charge in [-0.1, -0.05) is 18.2 Å². The van der Waals surface area contributed by atoms with Gasteiger partial charge in [0.1, 0.15) is 40.1 Å². The molecule has 2 unspecified atom stereocenters. The molecular formula is C28H31N3O7. The molecule has 10 heteroatoms. The number of hydrogen-bond acceptors (Lipinski definition) is 8. The van der Waals surface area contributed by atoms with Gasteiger partial charge in [0.15, 0.2) is 0 Å². The Morgan fingerprint density at radius 3 is 2.16 bits per heavy atom. The monoisotopic (exact) mass is 521 g/mol. The normalized spacial score (nSPS) is 19.5. The van der Waals surface area contributed by atoms with Gasteiger partial charge in [0.2, 0.25) is 5.88 Å². The van der Waals surface area contributed by atoms with E-state index in [0.29, 0.717) is 17.2 Å². The van der Waals surface area contributed by atoms with E-state index in [1.807, 2.05) is 30.3 Å². The SMILES string of the molecule is CC(C)(C)OC(=O)N1CCC(O)(c2ccc(C(N)=O)c(Oc3ccc(Oc4ccccc4)cc3)n2)C(O)C1. The van der Waals surface area contributed by atoms with E-state index in [1.165, 1.54) is 17.0 Å². The van der Waals surface area contributed by atoms with E-state index in [-0.39, 0.29) is 36.6 Å². The van der Waals surface area contributed by atoms with Crippen molar-refractivity contribution in [1.82, 2.24) is 9.88 Å². The molecule has 3 aromatic rings. The van der Waals surface area contributed by atoms with Crippen LogP contribution in [0, 0.1) is 0 Å². The zero-order chi connectivity index (χ0) is 27.5. The maximum Gasteiger partial charge on any atom is 0.410 e. The molecule has 1 aliphatic rings. The molecule has 2 aromatic carbocycles. The number of aliphatic hydroxyl groups is 2. The number of pyridine rings is 1. The zero-order valence-corrected chi connectivity index (χ0v) is 21.5. The van der Waals surface area contributed by atoms with Crippen LogP contribution in [0.1, 0.15) is 43.2 Å². The summed E-state index contributed by atoms with van der Waals surface area (Å²) in [5.41, 5.74) is 3.12. The highest BCUT2D eigenvalue weighted by Gasteiger charge is 2.45. The zero-order valence-electron chi connectivity index (χ0n) is 21.5. The number of ether oxygens (including phenoxy) is 3. The smallest absolute Gasteiger partial charge is 0.410 e. The largest absolute Gasteiger partial charge is 0.457 e. The Hall–Kier alpha value is -4.15. The molecule has 1 fully saturated rings. The molecule has 4 rings (SSSR count). The molecule has 0 saturated carbocycles. The number of carbonyl (C=O) groups is 2. The summed E-state index contributed by atoms with van der Waals surface area (Å²) in [6.07, 6.45) is -1.96. The highest BCUT2D eigenvalue weighted by molar-refractivity contribution is 5.95. The van der Waals surface area contributed by atoms with Crippen LogP contribution in [0.5, 0.6) is 23.1 Å². The van der Waals surface area contributed by atoms with Crippen LogP contribution in [0.25, 0.3) is 0 Å². The van der Waals surface area contributed by atoms with Gasteiger partial charge < -0.3 is 35.1 Å². The number of β-amino-alcohol motifs (C(OH)–C–C–N with tert-alkyl or cyclic N) is 1. The van der Waals surface area contributed by atoms with Crippen LogP contribution in [0.2, 0.25) is 0 Å². The van der Waals surface area contributed by atoms with Gasteiger partial charge in [-0.25, -0.2) is 9.78 Å². The van der Waals surface area contributed by atoms with Gasteiger partial charge in [-0.3, -0.25) is 4.79 Å². The van der Waals surface area contributed by atoms with Crippen LogP contribution in [0.4, 0.5) is 4.79 Å². The summed E-state index contributed by atoms with van der Waals surface area (Å²) < 4.78 is 17.0. The fourth-order valence-electron chi connectivity index (χ4n) is 3.97. The summed E-state index contributed by atoms with van der Waals surface area (Å²) in [5, 5.41) is 22.2. The lowest BCUT2D eigenvalue weighted by molar-refractivity contribution is -0.125. The minimum absolute atomic E-state index is 0.00245. The molecule has 4 N–H and O–H groups in total. The summed E-state index contributed by atoms with van der Waals surface area (Å²) >= 11 is 0. The standard InChI is InChI=1S/C28H31N3O7/c1-27(2,3)38-26(34)31-16-15-28(35,23(32)17-31)22-14-13-21(24(29)33)25(30-22)37-20-11-9-19(10-12-20)36-18-7-5-4-6-8-18/h4-14,23,32,35H,15-17H2,1-3H3,(H2,29,33). The quantitative estimate of drug-likeness (QED) is 0.442. The predicted octanol–water partition coefficient (Wildman–Crippen LogP) is 3.95. The lowest BCUT2D eigenvalue weighted by Gasteiger charge is -2.41. The Balaban J connectivity index is 1.53. The summed E-state index contributed by atoms with van der Waals surface area (Å²) in [5.74, 6) is 0.716. The van der Waals surface area contributed by atoms with Crippen molar-refractivity contribution in [3.8, 4) is 23.1 Å². The Morgan fingerprint density at radius 2 is 1.58 bits per heavy atom. The Kier molecular flexibility index (Phi) is 7.56. The van der Waals surface area contributed by atoms with Crippen LogP contribution in [0.3, 0.4) is 0 Å². The van der Waals surface area contributed by atoms with Crippen LogP contribution >= 0.6 is 0 Å². The Bertz CT molecular complexity index is 1290. The number of para-hydroxylation sites is 1. The first-order chi connectivity index (χ1) is 17.9. The molecule has 0 radical (unpaired) electrons. The van der Waals surface area contributed by atoms with E-state index in [1.54, 1.807) is 45.0 Å². The van der Waals surface area contributed by atoms with Crippen LogP contribution in [-0.4, -0.2) is 56.9 Å². The molecule has 38 heavy (non-hydrogen) atoms. The summed E-state index contributed by atoms with van der Waals surface area (Å²) in [7, 11) is 0. The third kappa shape index (κ3) is 6.21. The number of nitrogens with zero attached hydrogens (tertiary/aromatic N) is 2. The number of hydrogen-bond donors (Lipinski definition) is 3. The van der Waals surface area contributed by atoms with E-state index in [2.05, 4.69) is 4.98 Å². The molecule has 0 aliphatic carbocycles. The molecule has 1 saturated heterocycles. The second-order valence-corrected chi connectivity index (χ2v) is 10.0. The van der Waals surface area contributed by atoms with Crippen molar-refractivity contribution in [1.29, 1.82) is 0 Å². The topological polar surface area (TPSA) is 144 Å². The second kappa shape index (κ2) is 10.7. The molecule has 1 aromatic heterocycles. The minimum Gasteiger partial charge on any atom is -0.457 e. The number of aliphatic hydroxyl groups excluding tert-OH is 1. The number of rotatable bonds is 6. The second-order valence-electron chi connectivity index (χ2n) is 10.0.